The third-order valence-electron chi connectivity index (χ3n) is 2.79. The van der Waals surface area contributed by atoms with Crippen LogP contribution < -0.4 is 9.47 Å². The topological polar surface area (TPSA) is 35.5 Å². The second-order valence-electron chi connectivity index (χ2n) is 3.80. The molecule has 0 radical (unpaired) electrons. The molecule has 0 aliphatic carbocycles. The van der Waals surface area contributed by atoms with Crippen LogP contribution in [0, 0.1) is 0 Å². The molecule has 0 spiro atoms. The Morgan fingerprint density at radius 2 is 1.50 bits per heavy atom. The molecule has 0 saturated heterocycles. The predicted octanol–water partition coefficient (Wildman–Crippen LogP) is 3.18. The summed E-state index contributed by atoms with van der Waals surface area (Å²) >= 11 is 0. The first-order valence-electron chi connectivity index (χ1n) is 5.56. The van der Waals surface area contributed by atoms with Crippen molar-refractivity contribution in [2.24, 2.45) is 0 Å². The molecule has 0 bridgehead atoms. The monoisotopic (exact) mass is 242 g/mol. The predicted molar refractivity (Wildman–Crippen MR) is 70.4 cm³/mol. The van der Waals surface area contributed by atoms with E-state index in [-0.39, 0.29) is 0 Å². The molecule has 0 saturated carbocycles. The van der Waals surface area contributed by atoms with E-state index in [0.29, 0.717) is 11.3 Å². The summed E-state index contributed by atoms with van der Waals surface area (Å²) in [5.41, 5.74) is 2.47. The maximum absolute atomic E-state index is 11.1. The first kappa shape index (κ1) is 12.2. The third kappa shape index (κ3) is 2.35. The van der Waals surface area contributed by atoms with Crippen molar-refractivity contribution in [3.05, 3.63) is 48.0 Å². The van der Waals surface area contributed by atoms with E-state index in [0.717, 1.165) is 23.2 Å². The van der Waals surface area contributed by atoms with Crippen molar-refractivity contribution in [1.29, 1.82) is 0 Å². The molecular weight excluding hydrogens is 228 g/mol. The number of aldehydes is 1. The van der Waals surface area contributed by atoms with E-state index >= 15 is 0 Å². The summed E-state index contributed by atoms with van der Waals surface area (Å²) in [5, 5.41) is 0. The molecular formula is C15H14O3. The molecule has 0 aromatic heterocycles. The van der Waals surface area contributed by atoms with Crippen molar-refractivity contribution in [3.8, 4) is 22.6 Å². The summed E-state index contributed by atoms with van der Waals surface area (Å²) in [6, 6.07) is 13.0. The van der Waals surface area contributed by atoms with Crippen molar-refractivity contribution >= 4 is 6.29 Å². The summed E-state index contributed by atoms with van der Waals surface area (Å²) < 4.78 is 10.2. The van der Waals surface area contributed by atoms with Crippen LogP contribution in [0.3, 0.4) is 0 Å². The van der Waals surface area contributed by atoms with Crippen molar-refractivity contribution in [1.82, 2.24) is 0 Å². The zero-order chi connectivity index (χ0) is 13.0. The van der Waals surface area contributed by atoms with Gasteiger partial charge in [-0.3, -0.25) is 4.79 Å². The second-order valence-corrected chi connectivity index (χ2v) is 3.80. The van der Waals surface area contributed by atoms with Crippen molar-refractivity contribution in [2.75, 3.05) is 14.2 Å². The number of rotatable bonds is 4. The minimum absolute atomic E-state index is 0.611. The maximum Gasteiger partial charge on any atom is 0.150 e. The van der Waals surface area contributed by atoms with Gasteiger partial charge in [-0.1, -0.05) is 12.1 Å². The number of benzene rings is 2. The van der Waals surface area contributed by atoms with Gasteiger partial charge in [0.25, 0.3) is 0 Å². The van der Waals surface area contributed by atoms with E-state index < -0.39 is 0 Å². The second kappa shape index (κ2) is 5.36. The average Bonchev–Trinajstić information content (AvgIpc) is 2.46. The molecule has 3 nitrogen and oxygen atoms in total. The van der Waals surface area contributed by atoms with E-state index in [1.54, 1.807) is 20.3 Å². The van der Waals surface area contributed by atoms with Gasteiger partial charge < -0.3 is 9.47 Å². The zero-order valence-electron chi connectivity index (χ0n) is 10.3. The minimum Gasteiger partial charge on any atom is -0.497 e. The summed E-state index contributed by atoms with van der Waals surface area (Å²) in [4.78, 5) is 11.1. The Labute approximate surface area is 106 Å². The van der Waals surface area contributed by atoms with Crippen LogP contribution in [0.2, 0.25) is 0 Å². The van der Waals surface area contributed by atoms with Gasteiger partial charge in [-0.05, 0) is 41.5 Å². The first-order chi connectivity index (χ1) is 8.78. The fourth-order valence-corrected chi connectivity index (χ4v) is 1.80. The lowest BCUT2D eigenvalue weighted by Gasteiger charge is -2.08. The zero-order valence-corrected chi connectivity index (χ0v) is 10.3. The highest BCUT2D eigenvalue weighted by Crippen LogP contribution is 2.27. The Balaban J connectivity index is 2.45. The molecule has 0 heterocycles. The van der Waals surface area contributed by atoms with E-state index in [4.69, 9.17) is 9.47 Å². The molecule has 0 N–H and O–H groups in total. The molecule has 0 atom stereocenters. The third-order valence-corrected chi connectivity index (χ3v) is 2.79. The summed E-state index contributed by atoms with van der Waals surface area (Å²) in [6.07, 6.45) is 0.835. The average molecular weight is 242 g/mol. The fourth-order valence-electron chi connectivity index (χ4n) is 1.80. The smallest absolute Gasteiger partial charge is 0.150 e. The van der Waals surface area contributed by atoms with Crippen molar-refractivity contribution in [3.63, 3.8) is 0 Å². The van der Waals surface area contributed by atoms with Gasteiger partial charge in [0.2, 0.25) is 0 Å². The molecule has 0 aliphatic heterocycles. The number of methoxy groups -OCH3 is 2. The SMILES string of the molecule is COc1ccc(-c2ccc(OC)cc2C=O)cc1. The summed E-state index contributed by atoms with van der Waals surface area (Å²) in [5.74, 6) is 1.47. The van der Waals surface area contributed by atoms with Gasteiger partial charge in [0.05, 0.1) is 14.2 Å². The van der Waals surface area contributed by atoms with Crippen LogP contribution in [0.4, 0.5) is 0 Å². The lowest BCUT2D eigenvalue weighted by molar-refractivity contribution is 0.112. The number of hydrogen-bond donors (Lipinski definition) is 0. The van der Waals surface area contributed by atoms with E-state index in [9.17, 15) is 4.79 Å². The van der Waals surface area contributed by atoms with E-state index in [2.05, 4.69) is 0 Å². The molecule has 92 valence electrons. The standard InChI is InChI=1S/C15H14O3/c1-17-13-5-3-11(4-6-13)15-8-7-14(18-2)9-12(15)10-16/h3-10H,1-2H3. The first-order valence-corrected chi connectivity index (χ1v) is 5.56. The van der Waals surface area contributed by atoms with Crippen molar-refractivity contribution in [2.45, 2.75) is 0 Å². The quantitative estimate of drug-likeness (QED) is 0.772. The molecule has 3 heteroatoms. The van der Waals surface area contributed by atoms with E-state index in [1.807, 2.05) is 36.4 Å². The Morgan fingerprint density at radius 3 is 2.06 bits per heavy atom. The number of carbonyl (C=O) groups is 1. The number of carbonyl (C=O) groups excluding carboxylic acids is 1. The Hall–Kier alpha value is -2.29. The van der Waals surface area contributed by atoms with Gasteiger partial charge in [0.15, 0.2) is 6.29 Å². The van der Waals surface area contributed by atoms with Crippen LogP contribution in [0.5, 0.6) is 11.5 Å². The normalized spacial score (nSPS) is 9.89. The molecule has 0 aliphatic rings. The van der Waals surface area contributed by atoms with Crippen LogP contribution >= 0.6 is 0 Å². The highest BCUT2D eigenvalue weighted by molar-refractivity contribution is 5.88. The van der Waals surface area contributed by atoms with Gasteiger partial charge in [-0.25, -0.2) is 0 Å². The highest BCUT2D eigenvalue weighted by atomic mass is 16.5. The van der Waals surface area contributed by atoms with Gasteiger partial charge in [-0.15, -0.1) is 0 Å². The van der Waals surface area contributed by atoms with Gasteiger partial charge >= 0.3 is 0 Å². The Kier molecular flexibility index (Phi) is 3.63. The van der Waals surface area contributed by atoms with Crippen LogP contribution in [-0.4, -0.2) is 20.5 Å². The molecule has 2 rings (SSSR count). The lowest BCUT2D eigenvalue weighted by Crippen LogP contribution is -1.91. The maximum atomic E-state index is 11.1. The van der Waals surface area contributed by atoms with E-state index in [1.165, 1.54) is 0 Å². The largest absolute Gasteiger partial charge is 0.497 e. The fraction of sp³-hybridized carbons (Fsp3) is 0.133. The molecule has 18 heavy (non-hydrogen) atoms. The number of hydrogen-bond acceptors (Lipinski definition) is 3. The van der Waals surface area contributed by atoms with Gasteiger partial charge in [-0.2, -0.15) is 0 Å². The highest BCUT2D eigenvalue weighted by Gasteiger charge is 2.06. The molecule has 0 amide bonds. The van der Waals surface area contributed by atoms with Crippen LogP contribution in [-0.2, 0) is 0 Å². The minimum atomic E-state index is 0.611. The Morgan fingerprint density at radius 1 is 0.889 bits per heavy atom. The van der Waals surface area contributed by atoms with Crippen LogP contribution in [0.25, 0.3) is 11.1 Å². The molecule has 2 aromatic carbocycles. The Bertz CT molecular complexity index is 544. The van der Waals surface area contributed by atoms with Crippen LogP contribution in [0.1, 0.15) is 10.4 Å². The lowest BCUT2D eigenvalue weighted by atomic mass is 10.00. The van der Waals surface area contributed by atoms with Gasteiger partial charge in [0.1, 0.15) is 11.5 Å². The molecule has 0 unspecified atom stereocenters. The molecule has 2 aromatic rings. The van der Waals surface area contributed by atoms with Crippen molar-refractivity contribution < 1.29 is 14.3 Å². The molecule has 0 fully saturated rings. The van der Waals surface area contributed by atoms with Crippen LogP contribution in [0.15, 0.2) is 42.5 Å². The summed E-state index contributed by atoms with van der Waals surface area (Å²) in [6.45, 7) is 0. The van der Waals surface area contributed by atoms with Gasteiger partial charge in [0, 0.05) is 5.56 Å². The summed E-state index contributed by atoms with van der Waals surface area (Å²) in [7, 11) is 3.20. The number of ether oxygens (including phenoxy) is 2.